The van der Waals surface area contributed by atoms with Gasteiger partial charge in [0.1, 0.15) is 11.6 Å². The number of hydrogen-bond acceptors (Lipinski definition) is 3. The van der Waals surface area contributed by atoms with Crippen LogP contribution < -0.4 is 0 Å². The number of para-hydroxylation sites is 2. The van der Waals surface area contributed by atoms with Crippen LogP contribution in [0.15, 0.2) is 164 Å². The van der Waals surface area contributed by atoms with Crippen LogP contribution in [0.2, 0.25) is 0 Å². The van der Waals surface area contributed by atoms with Crippen molar-refractivity contribution in [2.75, 3.05) is 0 Å². The molecule has 66 heavy (non-hydrogen) atoms. The molecule has 334 valence electrons. The Kier molecular flexibility index (Phi) is 12.1. The van der Waals surface area contributed by atoms with Crippen LogP contribution >= 0.6 is 0 Å². The zero-order valence-corrected chi connectivity index (χ0v) is 41.2. The minimum atomic E-state index is -1.15. The van der Waals surface area contributed by atoms with E-state index in [0.29, 0.717) is 22.6 Å². The van der Waals surface area contributed by atoms with Gasteiger partial charge in [-0.25, -0.2) is 4.98 Å². The molecule has 9 rings (SSSR count). The van der Waals surface area contributed by atoms with Crippen LogP contribution in [-0.4, -0.2) is 19.6 Å². The van der Waals surface area contributed by atoms with Gasteiger partial charge in [-0.2, -0.15) is 0 Å². The van der Waals surface area contributed by atoms with Gasteiger partial charge in [-0.3, -0.25) is 9.55 Å². The van der Waals surface area contributed by atoms with Crippen LogP contribution in [0.5, 0.6) is 5.75 Å². The van der Waals surface area contributed by atoms with E-state index in [9.17, 15) is 6.48 Å². The maximum Gasteiger partial charge on any atom is 0.148 e. The summed E-state index contributed by atoms with van der Waals surface area (Å²) in [7, 11) is 0. The second-order valence-electron chi connectivity index (χ2n) is 18.8. The van der Waals surface area contributed by atoms with E-state index in [-0.39, 0.29) is 44.1 Å². The summed E-state index contributed by atoms with van der Waals surface area (Å²) in [5.74, 6) is -0.0152. The van der Waals surface area contributed by atoms with Gasteiger partial charge in [-0.1, -0.05) is 187 Å². The van der Waals surface area contributed by atoms with E-state index in [1.807, 2.05) is 97.9 Å². The average molecular weight is 1050 g/mol. The molecule has 7 aromatic carbocycles. The standard InChI is InChI=1S/C61H58N3O.Pt/c1-38(2)52-35-47(43-20-14-11-15-21-43)36-53(39(3)4)58(52)64-56-25-17-22-50(57(56)63-60(64)51-23-16-24-54(59(51)65)61(7,8)9)48-32-46(41(6)42-18-12-10-13-19-42)33-49(34-48)55-37-45(30-31-62-55)44-28-26-40(5)27-29-44;/h10-33,35-39,41,65H,1-9H3;/q-1;/i5D2,41D;. The molecule has 0 spiro atoms. The molecule has 0 aliphatic carbocycles. The number of rotatable bonds is 10. The van der Waals surface area contributed by atoms with Gasteiger partial charge in [-0.15, -0.1) is 29.3 Å². The van der Waals surface area contributed by atoms with Crippen LogP contribution in [0.4, 0.5) is 0 Å². The van der Waals surface area contributed by atoms with E-state index in [1.165, 1.54) is 11.1 Å². The molecular weight excluding hydrogens is 986 g/mol. The Morgan fingerprint density at radius 2 is 1.24 bits per heavy atom. The van der Waals surface area contributed by atoms with Gasteiger partial charge in [0, 0.05) is 37.1 Å². The Labute approximate surface area is 410 Å². The molecule has 1 atom stereocenters. The molecule has 0 radical (unpaired) electrons. The third-order valence-corrected chi connectivity index (χ3v) is 12.6. The number of fused-ring (bicyclic) bond motifs is 1. The second kappa shape index (κ2) is 18.9. The van der Waals surface area contributed by atoms with Gasteiger partial charge in [-0.05, 0) is 105 Å². The topological polar surface area (TPSA) is 50.9 Å². The minimum absolute atomic E-state index is 0. The molecular formula is C61H58N3OPt-. The van der Waals surface area contributed by atoms with Crippen LogP contribution in [0.1, 0.15) is 111 Å². The van der Waals surface area contributed by atoms with E-state index >= 15 is 0 Å². The number of hydrogen-bond donors (Lipinski definition) is 1. The van der Waals surface area contributed by atoms with E-state index in [1.54, 1.807) is 6.20 Å². The van der Waals surface area contributed by atoms with Gasteiger partial charge < -0.3 is 5.11 Å². The number of benzene rings is 7. The number of nitrogens with zero attached hydrogens (tertiary/aromatic N) is 3. The fourth-order valence-corrected chi connectivity index (χ4v) is 9.03. The predicted molar refractivity (Wildman–Crippen MR) is 272 cm³/mol. The predicted octanol–water partition coefficient (Wildman–Crippen LogP) is 16.3. The van der Waals surface area contributed by atoms with Crippen molar-refractivity contribution < 1.29 is 30.3 Å². The molecule has 0 saturated carbocycles. The van der Waals surface area contributed by atoms with E-state index in [0.717, 1.165) is 72.4 Å². The van der Waals surface area contributed by atoms with E-state index in [4.69, 9.17) is 12.7 Å². The van der Waals surface area contributed by atoms with E-state index < -0.39 is 12.8 Å². The molecule has 9 aromatic rings. The Morgan fingerprint density at radius 3 is 1.89 bits per heavy atom. The quantitative estimate of drug-likeness (QED) is 0.139. The number of phenolic OH excluding ortho intramolecular Hbond substituents is 1. The first-order valence-electron chi connectivity index (χ1n) is 24.3. The van der Waals surface area contributed by atoms with Gasteiger partial charge in [0.05, 0.1) is 22.3 Å². The summed E-state index contributed by atoms with van der Waals surface area (Å²) in [5, 5.41) is 12.3. The summed E-state index contributed by atoms with van der Waals surface area (Å²) >= 11 is 0. The molecule has 1 unspecified atom stereocenters. The molecule has 0 fully saturated rings. The van der Waals surface area contributed by atoms with Crippen molar-refractivity contribution in [1.82, 2.24) is 14.5 Å². The Hall–Kier alpha value is -6.35. The molecule has 0 aliphatic rings. The molecule has 1 N–H and O–H groups in total. The molecule has 0 bridgehead atoms. The third kappa shape index (κ3) is 8.97. The summed E-state index contributed by atoms with van der Waals surface area (Å²) in [6, 6.07) is 56.8. The van der Waals surface area contributed by atoms with Crippen molar-refractivity contribution in [3.8, 4) is 67.5 Å². The van der Waals surface area contributed by atoms with Crippen molar-refractivity contribution >= 4 is 11.0 Å². The summed E-state index contributed by atoms with van der Waals surface area (Å²) in [5.41, 5.74) is 15.7. The van der Waals surface area contributed by atoms with Gasteiger partial charge in [0.15, 0.2) is 0 Å². The van der Waals surface area contributed by atoms with Crippen molar-refractivity contribution in [2.45, 2.75) is 85.4 Å². The minimum Gasteiger partial charge on any atom is -0.507 e. The zero-order chi connectivity index (χ0) is 48.1. The van der Waals surface area contributed by atoms with Crippen molar-refractivity contribution in [3.63, 3.8) is 0 Å². The SMILES string of the molecule is [2H]C([2H])c1ccc(-c2ccnc(-c3[c-]c(-c4cccc5c4nc(-c4cccc(C(C)(C)C)c4O)n5-c4c(C(C)C)cc(-c5ccccc5)cc4C(C)C)cc(C([2H])(C)c4ccccc4)c3)c2)cc1.[Pt]. The number of aromatic hydroxyl groups is 1. The van der Waals surface area contributed by atoms with Crippen molar-refractivity contribution in [3.05, 3.63) is 203 Å². The number of phenols is 1. The van der Waals surface area contributed by atoms with Crippen LogP contribution in [0, 0.1) is 12.9 Å². The van der Waals surface area contributed by atoms with Crippen LogP contribution in [-0.2, 0) is 26.5 Å². The van der Waals surface area contributed by atoms with E-state index in [2.05, 4.69) is 126 Å². The number of imidazole rings is 1. The molecule has 2 aromatic heterocycles. The zero-order valence-electron chi connectivity index (χ0n) is 41.9. The van der Waals surface area contributed by atoms with Crippen molar-refractivity contribution in [1.29, 1.82) is 0 Å². The molecule has 5 heteroatoms. The molecule has 4 nitrogen and oxygen atoms in total. The second-order valence-corrected chi connectivity index (χ2v) is 18.8. The van der Waals surface area contributed by atoms with Crippen LogP contribution in [0.25, 0.3) is 72.7 Å². The van der Waals surface area contributed by atoms with Gasteiger partial charge in [0.25, 0.3) is 0 Å². The Bertz CT molecular complexity index is 3250. The first-order chi connectivity index (χ1) is 32.5. The monoisotopic (exact) mass is 1050 g/mol. The Morgan fingerprint density at radius 1 is 0.621 bits per heavy atom. The number of aryl methyl sites for hydroxylation is 1. The maximum atomic E-state index is 12.3. The largest absolute Gasteiger partial charge is 0.507 e. The number of pyridine rings is 1. The summed E-state index contributed by atoms with van der Waals surface area (Å²) < 4.78 is 28.0. The fourth-order valence-electron chi connectivity index (χ4n) is 9.03. The smallest absolute Gasteiger partial charge is 0.148 e. The summed E-state index contributed by atoms with van der Waals surface area (Å²) in [4.78, 5) is 10.5. The van der Waals surface area contributed by atoms with Crippen LogP contribution in [0.3, 0.4) is 0 Å². The normalized spacial score (nSPS) is 13.3. The molecule has 0 amide bonds. The van der Waals surface area contributed by atoms with Gasteiger partial charge in [0.2, 0.25) is 0 Å². The van der Waals surface area contributed by atoms with Crippen molar-refractivity contribution in [2.24, 2.45) is 0 Å². The Balaban J connectivity index is 0.00000642. The first kappa shape index (κ1) is 42.3. The number of aromatic nitrogens is 3. The first-order valence-corrected chi connectivity index (χ1v) is 22.6. The molecule has 0 aliphatic heterocycles. The fraction of sp³-hybridized carbons (Fsp3) is 0.213. The molecule has 0 saturated heterocycles. The third-order valence-electron chi connectivity index (χ3n) is 12.6. The van der Waals surface area contributed by atoms with Gasteiger partial charge >= 0.3 is 0 Å². The molecule has 2 heterocycles. The summed E-state index contributed by atoms with van der Waals surface area (Å²) in [6.45, 7) is 16.2. The maximum absolute atomic E-state index is 12.3. The summed E-state index contributed by atoms with van der Waals surface area (Å²) in [6.07, 6.45) is 1.79. The average Bonchev–Trinajstić information content (AvgIpc) is 3.73.